The highest BCUT2D eigenvalue weighted by molar-refractivity contribution is 7.47. The Kier molecular flexibility index (Phi) is 31.2. The molecule has 1 saturated carbocycles. The number of allylic oxidation sites excluding steroid dienone is 8. The number of esters is 2. The molecule has 6 unspecified atom stereocenters. The van der Waals surface area contributed by atoms with Crippen molar-refractivity contribution in [3.05, 3.63) is 48.6 Å². The Bertz CT molecular complexity index is 1190. The molecule has 1 aliphatic rings. The van der Waals surface area contributed by atoms with Crippen molar-refractivity contribution in [3.8, 4) is 0 Å². The number of hydrogen-bond donors (Lipinski definition) is 6. The third kappa shape index (κ3) is 26.5. The van der Waals surface area contributed by atoms with E-state index in [1.54, 1.807) is 0 Å². The summed E-state index contributed by atoms with van der Waals surface area (Å²) in [6.45, 7) is 3.13. The molecule has 1 aliphatic carbocycles. The fourth-order valence-electron chi connectivity index (χ4n) is 6.22. The number of phosphoric ester groups is 1. The first-order valence-corrected chi connectivity index (χ1v) is 22.9. The Labute approximate surface area is 341 Å². The van der Waals surface area contributed by atoms with Gasteiger partial charge in [0.25, 0.3) is 0 Å². The topological polar surface area (TPSA) is 210 Å². The molecule has 0 saturated heterocycles. The van der Waals surface area contributed by atoms with E-state index >= 15 is 0 Å². The Morgan fingerprint density at radius 1 is 0.561 bits per heavy atom. The zero-order chi connectivity index (χ0) is 42.2. The molecule has 0 aromatic rings. The molecule has 0 spiro atoms. The highest BCUT2D eigenvalue weighted by Gasteiger charge is 2.51. The van der Waals surface area contributed by atoms with Crippen molar-refractivity contribution >= 4 is 19.8 Å². The van der Waals surface area contributed by atoms with Gasteiger partial charge in [-0.05, 0) is 51.4 Å². The molecular formula is C43H75O13P. The smallest absolute Gasteiger partial charge is 0.462 e. The van der Waals surface area contributed by atoms with Gasteiger partial charge in [0.05, 0.1) is 6.61 Å². The number of ether oxygens (including phenoxy) is 2. The monoisotopic (exact) mass is 830 g/mol. The van der Waals surface area contributed by atoms with Gasteiger partial charge in [-0.25, -0.2) is 4.57 Å². The van der Waals surface area contributed by atoms with E-state index < -0.39 is 75.7 Å². The van der Waals surface area contributed by atoms with Gasteiger partial charge in [0.15, 0.2) is 6.10 Å². The highest BCUT2D eigenvalue weighted by atomic mass is 31.2. The molecule has 6 N–H and O–H groups in total. The fraction of sp³-hybridized carbons (Fsp3) is 0.767. The fourth-order valence-corrected chi connectivity index (χ4v) is 7.19. The van der Waals surface area contributed by atoms with Crippen molar-refractivity contribution in [1.29, 1.82) is 0 Å². The highest BCUT2D eigenvalue weighted by Crippen LogP contribution is 2.47. The molecule has 330 valence electrons. The van der Waals surface area contributed by atoms with E-state index in [-0.39, 0.29) is 12.8 Å². The molecule has 0 radical (unpaired) electrons. The van der Waals surface area contributed by atoms with Crippen molar-refractivity contribution in [1.82, 2.24) is 0 Å². The van der Waals surface area contributed by atoms with Crippen LogP contribution in [0.25, 0.3) is 0 Å². The third-order valence-electron chi connectivity index (χ3n) is 9.68. The van der Waals surface area contributed by atoms with Crippen LogP contribution in [0.5, 0.6) is 0 Å². The number of phosphoric acid groups is 1. The van der Waals surface area contributed by atoms with Crippen molar-refractivity contribution in [2.45, 2.75) is 198 Å². The Balaban J connectivity index is 2.51. The Hall–Kier alpha value is -2.19. The van der Waals surface area contributed by atoms with Crippen LogP contribution >= 0.6 is 7.82 Å². The molecule has 0 heterocycles. The number of carbonyl (C=O) groups is 2. The van der Waals surface area contributed by atoms with Crippen LogP contribution < -0.4 is 0 Å². The number of aliphatic hydroxyl groups is 5. The zero-order valence-electron chi connectivity index (χ0n) is 34.6. The van der Waals surface area contributed by atoms with Gasteiger partial charge in [-0.15, -0.1) is 0 Å². The van der Waals surface area contributed by atoms with Gasteiger partial charge in [-0.2, -0.15) is 0 Å². The standard InChI is InChI=1S/C43H75O13P/c1-3-5-7-9-11-13-15-16-17-18-19-20-22-24-26-28-30-32-37(45)55-35(33-53-36(44)31-29-27-25-23-21-14-12-10-8-6-4-2)34-54-57(51,52)56-43-41(49)39(47)38(46)40(48)42(43)50/h5,7,11,13,16-17,19-20,35,38-43,46-50H,3-4,6,8-10,12,14-15,18,21-34H2,1-2H3,(H,51,52)/b7-5-,13-11-,17-16-,20-19-. The first-order valence-electron chi connectivity index (χ1n) is 21.4. The van der Waals surface area contributed by atoms with Crippen LogP contribution in [0.2, 0.25) is 0 Å². The summed E-state index contributed by atoms with van der Waals surface area (Å²) in [5, 5.41) is 50.0. The number of rotatable bonds is 34. The van der Waals surface area contributed by atoms with Crippen LogP contribution in [0.15, 0.2) is 48.6 Å². The second kappa shape index (κ2) is 33.6. The third-order valence-corrected chi connectivity index (χ3v) is 10.7. The average Bonchev–Trinajstić information content (AvgIpc) is 3.19. The lowest BCUT2D eigenvalue weighted by atomic mass is 9.85. The minimum Gasteiger partial charge on any atom is -0.462 e. The van der Waals surface area contributed by atoms with Crippen molar-refractivity contribution < 1.29 is 63.1 Å². The van der Waals surface area contributed by atoms with Crippen LogP contribution in [0.3, 0.4) is 0 Å². The molecule has 14 heteroatoms. The first kappa shape index (κ1) is 52.8. The van der Waals surface area contributed by atoms with Crippen LogP contribution in [-0.2, 0) is 32.7 Å². The number of hydrogen-bond acceptors (Lipinski definition) is 12. The Morgan fingerprint density at radius 3 is 1.53 bits per heavy atom. The number of carbonyl (C=O) groups excluding carboxylic acids is 2. The number of aliphatic hydroxyl groups excluding tert-OH is 5. The van der Waals surface area contributed by atoms with E-state index in [0.717, 1.165) is 70.6 Å². The lowest BCUT2D eigenvalue weighted by Crippen LogP contribution is -2.64. The van der Waals surface area contributed by atoms with Crippen LogP contribution in [0, 0.1) is 0 Å². The summed E-state index contributed by atoms with van der Waals surface area (Å²) in [6.07, 6.45) is 24.6. The molecule has 0 amide bonds. The minimum absolute atomic E-state index is 0.0685. The summed E-state index contributed by atoms with van der Waals surface area (Å²) in [5.41, 5.74) is 0. The first-order chi connectivity index (χ1) is 27.4. The summed E-state index contributed by atoms with van der Waals surface area (Å²) < 4.78 is 33.4. The molecular weight excluding hydrogens is 755 g/mol. The molecule has 6 atom stereocenters. The second-order valence-electron chi connectivity index (χ2n) is 14.8. The molecule has 57 heavy (non-hydrogen) atoms. The quantitative estimate of drug-likeness (QED) is 0.0160. The lowest BCUT2D eigenvalue weighted by molar-refractivity contribution is -0.220. The van der Waals surface area contributed by atoms with Gasteiger partial charge in [0, 0.05) is 12.8 Å². The van der Waals surface area contributed by atoms with Crippen LogP contribution in [0.4, 0.5) is 0 Å². The molecule has 0 aromatic heterocycles. The van der Waals surface area contributed by atoms with Crippen molar-refractivity contribution in [2.24, 2.45) is 0 Å². The van der Waals surface area contributed by atoms with Crippen LogP contribution in [0.1, 0.15) is 155 Å². The SMILES string of the molecule is CC/C=C\C/C=C\C/C=C\C/C=C\CCCCCCC(=O)OC(COC(=O)CCCCCCCCCCCCC)COP(=O)(O)OC1C(O)C(O)C(O)C(O)C1O. The summed E-state index contributed by atoms with van der Waals surface area (Å²) in [5.74, 6) is -1.13. The van der Waals surface area contributed by atoms with E-state index in [9.17, 15) is 44.6 Å². The molecule has 13 nitrogen and oxygen atoms in total. The second-order valence-corrected chi connectivity index (χ2v) is 16.2. The average molecular weight is 831 g/mol. The summed E-state index contributed by atoms with van der Waals surface area (Å²) in [7, 11) is -5.12. The van der Waals surface area contributed by atoms with E-state index in [4.69, 9.17) is 18.5 Å². The van der Waals surface area contributed by atoms with Gasteiger partial charge < -0.3 is 39.9 Å². The van der Waals surface area contributed by atoms with E-state index in [0.29, 0.717) is 12.8 Å². The van der Waals surface area contributed by atoms with Gasteiger partial charge >= 0.3 is 19.8 Å². The van der Waals surface area contributed by atoms with Crippen LogP contribution in [-0.4, -0.2) is 98.3 Å². The largest absolute Gasteiger partial charge is 0.472 e. The zero-order valence-corrected chi connectivity index (χ0v) is 35.5. The molecule has 0 aromatic carbocycles. The van der Waals surface area contributed by atoms with E-state index in [1.807, 2.05) is 0 Å². The van der Waals surface area contributed by atoms with E-state index in [2.05, 4.69) is 62.5 Å². The molecule has 0 aliphatic heterocycles. The maximum absolute atomic E-state index is 12.8. The molecule has 0 bridgehead atoms. The Morgan fingerprint density at radius 2 is 1.00 bits per heavy atom. The van der Waals surface area contributed by atoms with Gasteiger partial charge in [0.2, 0.25) is 0 Å². The molecule has 1 rings (SSSR count). The maximum Gasteiger partial charge on any atom is 0.472 e. The summed E-state index contributed by atoms with van der Waals surface area (Å²) in [4.78, 5) is 35.6. The van der Waals surface area contributed by atoms with Gasteiger partial charge in [-0.3, -0.25) is 18.6 Å². The lowest BCUT2D eigenvalue weighted by Gasteiger charge is -2.41. The van der Waals surface area contributed by atoms with Gasteiger partial charge in [0.1, 0.15) is 43.2 Å². The maximum atomic E-state index is 12.8. The molecule has 1 fully saturated rings. The van der Waals surface area contributed by atoms with Crippen molar-refractivity contribution in [2.75, 3.05) is 13.2 Å². The summed E-state index contributed by atoms with van der Waals surface area (Å²) in [6, 6.07) is 0. The van der Waals surface area contributed by atoms with E-state index in [1.165, 1.54) is 44.9 Å². The predicted molar refractivity (Wildman–Crippen MR) is 221 cm³/mol. The minimum atomic E-state index is -5.12. The normalized spacial score (nSPS) is 23.2. The predicted octanol–water partition coefficient (Wildman–Crippen LogP) is 7.61. The van der Waals surface area contributed by atoms with Crippen molar-refractivity contribution in [3.63, 3.8) is 0 Å². The number of unbranched alkanes of at least 4 members (excludes halogenated alkanes) is 14. The summed E-state index contributed by atoms with van der Waals surface area (Å²) >= 11 is 0. The van der Waals surface area contributed by atoms with Gasteiger partial charge in [-0.1, -0.05) is 140 Å².